The number of rotatable bonds is 4. The molecule has 2 rings (SSSR count). The number of hydrogen-bond donors (Lipinski definition) is 1. The molecule has 0 saturated carbocycles. The van der Waals surface area contributed by atoms with Crippen LogP contribution in [0.4, 0.5) is 5.69 Å². The van der Waals surface area contributed by atoms with Crippen molar-refractivity contribution < 1.29 is 19.5 Å². The third-order valence-corrected chi connectivity index (χ3v) is 2.66. The lowest BCUT2D eigenvalue weighted by atomic mass is 10.1. The number of aromatic nitrogens is 2. The number of nitrogens with one attached hydrogen (secondary N) is 1. The van der Waals surface area contributed by atoms with Gasteiger partial charge in [-0.15, -0.1) is 0 Å². The Labute approximate surface area is 119 Å². The van der Waals surface area contributed by atoms with Crippen LogP contribution in [0, 0.1) is 0 Å². The highest BCUT2D eigenvalue weighted by molar-refractivity contribution is 6.08. The summed E-state index contributed by atoms with van der Waals surface area (Å²) in [5.74, 6) is -2.40. The zero-order chi connectivity index (χ0) is 15.4. The van der Waals surface area contributed by atoms with E-state index >= 15 is 0 Å². The van der Waals surface area contributed by atoms with E-state index in [9.17, 15) is 19.5 Å². The second-order valence-corrected chi connectivity index (χ2v) is 4.13. The van der Waals surface area contributed by atoms with Gasteiger partial charge >= 0.3 is 0 Å². The Hall–Kier alpha value is -3.09. The predicted molar refractivity (Wildman–Crippen MR) is 70.8 cm³/mol. The van der Waals surface area contributed by atoms with Gasteiger partial charge < -0.3 is 15.2 Å². The molecule has 106 valence electrons. The standard InChI is InChI=1S/C14H11N3O4/c1-8(18)9-2-4-10(5-3-9)17-13(19)11-12(14(20)21)16-7-6-15-11/h2-7H,1H3,(H,17,19)(H,20,21)/p-1. The van der Waals surface area contributed by atoms with Gasteiger partial charge in [0.25, 0.3) is 5.91 Å². The van der Waals surface area contributed by atoms with Gasteiger partial charge in [-0.25, -0.2) is 4.98 Å². The molecule has 0 fully saturated rings. The summed E-state index contributed by atoms with van der Waals surface area (Å²) in [6.45, 7) is 1.43. The van der Waals surface area contributed by atoms with Crippen LogP contribution in [0.15, 0.2) is 36.7 Å². The third kappa shape index (κ3) is 3.27. The van der Waals surface area contributed by atoms with E-state index in [2.05, 4.69) is 15.3 Å². The first-order valence-corrected chi connectivity index (χ1v) is 5.93. The van der Waals surface area contributed by atoms with Gasteiger partial charge in [-0.3, -0.25) is 14.6 Å². The molecular weight excluding hydrogens is 274 g/mol. The molecule has 0 bridgehead atoms. The Morgan fingerprint density at radius 1 is 1.00 bits per heavy atom. The summed E-state index contributed by atoms with van der Waals surface area (Å²) in [5, 5.41) is 13.3. The molecule has 1 amide bonds. The number of nitrogens with zero attached hydrogens (tertiary/aromatic N) is 2. The summed E-state index contributed by atoms with van der Waals surface area (Å²) in [6.07, 6.45) is 2.36. The fourth-order valence-corrected chi connectivity index (χ4v) is 1.63. The molecular formula is C14H10N3O4-. The number of benzene rings is 1. The Morgan fingerprint density at radius 2 is 1.57 bits per heavy atom. The van der Waals surface area contributed by atoms with Crippen molar-refractivity contribution in [3.05, 3.63) is 53.6 Å². The summed E-state index contributed by atoms with van der Waals surface area (Å²) in [7, 11) is 0. The number of carboxylic acid groups (broad SMARTS) is 1. The monoisotopic (exact) mass is 284 g/mol. The smallest absolute Gasteiger partial charge is 0.276 e. The Kier molecular flexibility index (Phi) is 4.03. The molecule has 1 aromatic heterocycles. The molecule has 0 aliphatic rings. The van der Waals surface area contributed by atoms with E-state index in [0.717, 1.165) is 6.20 Å². The van der Waals surface area contributed by atoms with E-state index in [1.165, 1.54) is 25.3 Å². The van der Waals surface area contributed by atoms with Crippen molar-refractivity contribution in [1.29, 1.82) is 0 Å². The molecule has 1 aromatic carbocycles. The Bertz CT molecular complexity index is 710. The van der Waals surface area contributed by atoms with Crippen molar-refractivity contribution >= 4 is 23.3 Å². The third-order valence-electron chi connectivity index (χ3n) is 2.66. The summed E-state index contributed by atoms with van der Waals surface area (Å²) in [6, 6.07) is 6.16. The number of carbonyl (C=O) groups excluding carboxylic acids is 3. The van der Waals surface area contributed by atoms with Gasteiger partial charge in [0, 0.05) is 23.6 Å². The predicted octanol–water partition coefficient (Wildman–Crippen LogP) is 0.295. The number of ketones is 1. The first-order valence-electron chi connectivity index (χ1n) is 5.93. The van der Waals surface area contributed by atoms with E-state index in [1.54, 1.807) is 12.1 Å². The maximum Gasteiger partial charge on any atom is 0.276 e. The number of hydrogen-bond acceptors (Lipinski definition) is 6. The zero-order valence-corrected chi connectivity index (χ0v) is 11.0. The van der Waals surface area contributed by atoms with E-state index in [-0.39, 0.29) is 11.5 Å². The van der Waals surface area contributed by atoms with Gasteiger partial charge in [0.15, 0.2) is 11.5 Å². The summed E-state index contributed by atoms with van der Waals surface area (Å²) in [5.41, 5.74) is 0.0337. The molecule has 0 spiro atoms. The maximum absolute atomic E-state index is 12.0. The SMILES string of the molecule is CC(=O)c1ccc(NC(=O)c2nccnc2C(=O)[O-])cc1. The van der Waals surface area contributed by atoms with Crippen molar-refractivity contribution in [3.8, 4) is 0 Å². The number of carboxylic acids is 1. The first-order chi connectivity index (χ1) is 9.99. The van der Waals surface area contributed by atoms with E-state index in [1.807, 2.05) is 0 Å². The van der Waals surface area contributed by atoms with E-state index in [0.29, 0.717) is 11.3 Å². The molecule has 2 aromatic rings. The number of aromatic carboxylic acids is 1. The summed E-state index contributed by atoms with van der Waals surface area (Å²) in [4.78, 5) is 41.2. The van der Waals surface area contributed by atoms with Gasteiger partial charge in [-0.1, -0.05) is 0 Å². The quantitative estimate of drug-likeness (QED) is 0.808. The summed E-state index contributed by atoms with van der Waals surface area (Å²) >= 11 is 0. The van der Waals surface area contributed by atoms with Crippen LogP contribution >= 0.6 is 0 Å². The molecule has 1 heterocycles. The number of anilines is 1. The normalized spacial score (nSPS) is 9.95. The average molecular weight is 284 g/mol. The summed E-state index contributed by atoms with van der Waals surface area (Å²) < 4.78 is 0. The lowest BCUT2D eigenvalue weighted by molar-refractivity contribution is -0.255. The van der Waals surface area contributed by atoms with Crippen LogP contribution < -0.4 is 10.4 Å². The minimum Gasteiger partial charge on any atom is -0.543 e. The van der Waals surface area contributed by atoms with Crippen LogP contribution in [0.2, 0.25) is 0 Å². The molecule has 0 atom stereocenters. The molecule has 21 heavy (non-hydrogen) atoms. The van der Waals surface area contributed by atoms with Crippen molar-refractivity contribution in [2.75, 3.05) is 5.32 Å². The van der Waals surface area contributed by atoms with E-state index < -0.39 is 17.6 Å². The lowest BCUT2D eigenvalue weighted by Crippen LogP contribution is -2.28. The Balaban J connectivity index is 2.22. The van der Waals surface area contributed by atoms with Gasteiger partial charge in [0.05, 0.1) is 5.97 Å². The molecule has 7 nitrogen and oxygen atoms in total. The highest BCUT2D eigenvalue weighted by atomic mass is 16.4. The number of carbonyl (C=O) groups is 3. The van der Waals surface area contributed by atoms with Crippen LogP contribution in [-0.4, -0.2) is 27.6 Å². The van der Waals surface area contributed by atoms with Crippen LogP contribution in [0.3, 0.4) is 0 Å². The van der Waals surface area contributed by atoms with Crippen LogP contribution in [-0.2, 0) is 0 Å². The number of Topliss-reactive ketones (excluding diaryl/α,β-unsaturated/α-hetero) is 1. The fraction of sp³-hybridized carbons (Fsp3) is 0.0714. The molecule has 0 unspecified atom stereocenters. The highest BCUT2D eigenvalue weighted by Crippen LogP contribution is 2.12. The average Bonchev–Trinajstić information content (AvgIpc) is 2.47. The second kappa shape index (κ2) is 5.91. The first kappa shape index (κ1) is 14.3. The lowest BCUT2D eigenvalue weighted by Gasteiger charge is -2.09. The van der Waals surface area contributed by atoms with Crippen molar-refractivity contribution in [3.63, 3.8) is 0 Å². The highest BCUT2D eigenvalue weighted by Gasteiger charge is 2.15. The maximum atomic E-state index is 12.0. The fourth-order valence-electron chi connectivity index (χ4n) is 1.63. The molecule has 1 N–H and O–H groups in total. The van der Waals surface area contributed by atoms with Gasteiger partial charge in [0.1, 0.15) is 5.69 Å². The molecule has 0 aliphatic heterocycles. The molecule has 0 radical (unpaired) electrons. The van der Waals surface area contributed by atoms with Crippen molar-refractivity contribution in [2.24, 2.45) is 0 Å². The molecule has 0 saturated heterocycles. The number of amides is 1. The van der Waals surface area contributed by atoms with Crippen molar-refractivity contribution in [1.82, 2.24) is 9.97 Å². The van der Waals surface area contributed by atoms with E-state index in [4.69, 9.17) is 0 Å². The minimum atomic E-state index is -1.58. The topological polar surface area (TPSA) is 112 Å². The van der Waals surface area contributed by atoms with Crippen molar-refractivity contribution in [2.45, 2.75) is 6.92 Å². The van der Waals surface area contributed by atoms with Gasteiger partial charge in [0.2, 0.25) is 0 Å². The Morgan fingerprint density at radius 3 is 2.10 bits per heavy atom. The zero-order valence-electron chi connectivity index (χ0n) is 11.0. The van der Waals surface area contributed by atoms with Gasteiger partial charge in [-0.2, -0.15) is 0 Å². The van der Waals surface area contributed by atoms with Crippen LogP contribution in [0.1, 0.15) is 38.3 Å². The molecule has 0 aliphatic carbocycles. The van der Waals surface area contributed by atoms with Gasteiger partial charge in [-0.05, 0) is 31.2 Å². The minimum absolute atomic E-state index is 0.0963. The largest absolute Gasteiger partial charge is 0.543 e. The second-order valence-electron chi connectivity index (χ2n) is 4.13. The van der Waals surface area contributed by atoms with Crippen LogP contribution in [0.25, 0.3) is 0 Å². The molecule has 7 heteroatoms. The van der Waals surface area contributed by atoms with Crippen LogP contribution in [0.5, 0.6) is 0 Å².